The molecule has 3 heterocycles. The monoisotopic (exact) mass is 467 g/mol. The van der Waals surface area contributed by atoms with E-state index in [0.29, 0.717) is 52.6 Å². The molecule has 1 atom stereocenters. The molecular weight excluding hydrogens is 446 g/mol. The van der Waals surface area contributed by atoms with Crippen LogP contribution in [-0.2, 0) is 11.4 Å². The van der Waals surface area contributed by atoms with Gasteiger partial charge in [0.15, 0.2) is 17.3 Å². The van der Waals surface area contributed by atoms with Crippen LogP contribution in [0.2, 0.25) is 5.02 Å². The van der Waals surface area contributed by atoms with Crippen molar-refractivity contribution in [2.24, 2.45) is 0 Å². The SMILES string of the molecule is CC1=C(C(=O)Nc2ccc(C)c(Cl)c2)C(c2ccc3c(c2)OCCO3)n2nc(CO)nc2N1. The predicted octanol–water partition coefficient (Wildman–Crippen LogP) is 3.43. The molecule has 0 fully saturated rings. The minimum atomic E-state index is -0.606. The van der Waals surface area contributed by atoms with Gasteiger partial charge in [-0.15, -0.1) is 0 Å². The Labute approximate surface area is 195 Å². The molecule has 0 radical (unpaired) electrons. The molecule has 2 aromatic carbocycles. The van der Waals surface area contributed by atoms with Gasteiger partial charge in [-0.05, 0) is 49.2 Å². The lowest BCUT2D eigenvalue weighted by atomic mass is 9.94. The lowest BCUT2D eigenvalue weighted by Gasteiger charge is -2.29. The van der Waals surface area contributed by atoms with Crippen LogP contribution < -0.4 is 20.1 Å². The van der Waals surface area contributed by atoms with Crippen molar-refractivity contribution in [3.63, 3.8) is 0 Å². The molecule has 2 aliphatic heterocycles. The maximum Gasteiger partial charge on any atom is 0.255 e. The zero-order chi connectivity index (χ0) is 23.1. The van der Waals surface area contributed by atoms with Crippen molar-refractivity contribution < 1.29 is 19.4 Å². The smallest absolute Gasteiger partial charge is 0.255 e. The number of aryl methyl sites for hydroxylation is 1. The van der Waals surface area contributed by atoms with E-state index in [4.69, 9.17) is 21.1 Å². The zero-order valence-electron chi connectivity index (χ0n) is 18.1. The number of rotatable bonds is 4. The third kappa shape index (κ3) is 3.90. The highest BCUT2D eigenvalue weighted by Gasteiger charge is 2.35. The highest BCUT2D eigenvalue weighted by molar-refractivity contribution is 6.31. The number of benzene rings is 2. The molecule has 1 unspecified atom stereocenters. The summed E-state index contributed by atoms with van der Waals surface area (Å²) in [6, 6.07) is 10.3. The molecule has 0 spiro atoms. The molecule has 5 rings (SSSR count). The van der Waals surface area contributed by atoms with Gasteiger partial charge in [-0.25, -0.2) is 4.68 Å². The summed E-state index contributed by atoms with van der Waals surface area (Å²) in [5.74, 6) is 1.62. The molecule has 10 heteroatoms. The highest BCUT2D eigenvalue weighted by Crippen LogP contribution is 2.40. The van der Waals surface area contributed by atoms with E-state index in [2.05, 4.69) is 20.7 Å². The molecule has 0 saturated carbocycles. The first-order valence-corrected chi connectivity index (χ1v) is 10.8. The molecule has 9 nitrogen and oxygen atoms in total. The van der Waals surface area contributed by atoms with Crippen LogP contribution in [0, 0.1) is 6.92 Å². The van der Waals surface area contributed by atoms with Crippen LogP contribution in [0.15, 0.2) is 47.7 Å². The second-order valence-corrected chi connectivity index (χ2v) is 8.25. The maximum atomic E-state index is 13.5. The van der Waals surface area contributed by atoms with Gasteiger partial charge in [-0.2, -0.15) is 10.1 Å². The topological polar surface area (TPSA) is 111 Å². The number of carbonyl (C=O) groups excluding carboxylic acids is 1. The van der Waals surface area contributed by atoms with Crippen molar-refractivity contribution in [2.45, 2.75) is 26.5 Å². The number of anilines is 2. The first-order valence-electron chi connectivity index (χ1n) is 10.5. The van der Waals surface area contributed by atoms with Crippen LogP contribution in [0.25, 0.3) is 0 Å². The average molecular weight is 468 g/mol. The molecule has 170 valence electrons. The van der Waals surface area contributed by atoms with Crippen LogP contribution in [0.4, 0.5) is 11.6 Å². The summed E-state index contributed by atoms with van der Waals surface area (Å²) in [7, 11) is 0. The Kier molecular flexibility index (Phi) is 5.43. The Bertz CT molecular complexity index is 1290. The van der Waals surface area contributed by atoms with E-state index in [1.54, 1.807) is 23.7 Å². The minimum absolute atomic E-state index is 0.250. The van der Waals surface area contributed by atoms with Crippen molar-refractivity contribution in [1.82, 2.24) is 14.8 Å². The Balaban J connectivity index is 1.58. The van der Waals surface area contributed by atoms with Crippen LogP contribution >= 0.6 is 11.6 Å². The van der Waals surface area contributed by atoms with Crippen LogP contribution in [0.5, 0.6) is 11.5 Å². The molecular formula is C23H22ClN5O4. The number of hydrogen-bond donors (Lipinski definition) is 3. The molecule has 1 aromatic heterocycles. The van der Waals surface area contributed by atoms with Crippen molar-refractivity contribution in [3.8, 4) is 11.5 Å². The minimum Gasteiger partial charge on any atom is -0.486 e. The normalized spacial score (nSPS) is 16.8. The number of aliphatic hydroxyl groups is 1. The fourth-order valence-corrected chi connectivity index (χ4v) is 4.14. The van der Waals surface area contributed by atoms with Crippen molar-refractivity contribution >= 4 is 29.1 Å². The quantitative estimate of drug-likeness (QED) is 0.539. The largest absolute Gasteiger partial charge is 0.486 e. The number of amides is 1. The average Bonchev–Trinajstić information content (AvgIpc) is 3.23. The number of allylic oxidation sites excluding steroid dienone is 1. The Morgan fingerprint density at radius 3 is 2.76 bits per heavy atom. The van der Waals surface area contributed by atoms with Gasteiger partial charge < -0.3 is 25.2 Å². The van der Waals surface area contributed by atoms with Crippen LogP contribution in [0.1, 0.15) is 29.9 Å². The van der Waals surface area contributed by atoms with E-state index in [1.807, 2.05) is 31.2 Å². The molecule has 0 bridgehead atoms. The number of nitrogens with one attached hydrogen (secondary N) is 2. The number of aliphatic hydroxyl groups excluding tert-OH is 1. The molecule has 2 aliphatic rings. The zero-order valence-corrected chi connectivity index (χ0v) is 18.8. The second-order valence-electron chi connectivity index (χ2n) is 7.84. The lowest BCUT2D eigenvalue weighted by Crippen LogP contribution is -2.31. The summed E-state index contributed by atoms with van der Waals surface area (Å²) in [5, 5.41) is 20.6. The Morgan fingerprint density at radius 2 is 2.00 bits per heavy atom. The number of ether oxygens (including phenoxy) is 2. The molecule has 33 heavy (non-hydrogen) atoms. The second kappa shape index (κ2) is 8.42. The predicted molar refractivity (Wildman–Crippen MR) is 123 cm³/mol. The molecule has 3 aromatic rings. The number of carbonyl (C=O) groups is 1. The van der Waals surface area contributed by atoms with E-state index in [1.165, 1.54) is 0 Å². The van der Waals surface area contributed by atoms with Crippen molar-refractivity contribution in [1.29, 1.82) is 0 Å². The van der Waals surface area contributed by atoms with Crippen LogP contribution in [-0.4, -0.2) is 39.0 Å². The number of nitrogens with zero attached hydrogens (tertiary/aromatic N) is 3. The summed E-state index contributed by atoms with van der Waals surface area (Å²) in [4.78, 5) is 17.8. The molecule has 0 saturated heterocycles. The van der Waals surface area contributed by atoms with Gasteiger partial charge in [-0.1, -0.05) is 23.7 Å². The van der Waals surface area contributed by atoms with Gasteiger partial charge in [0.1, 0.15) is 25.9 Å². The van der Waals surface area contributed by atoms with Crippen LogP contribution in [0.3, 0.4) is 0 Å². The van der Waals surface area contributed by atoms with Crippen molar-refractivity contribution in [3.05, 3.63) is 69.6 Å². The number of fused-ring (bicyclic) bond motifs is 2. The first kappa shape index (κ1) is 21.3. The van der Waals surface area contributed by atoms with Gasteiger partial charge in [-0.3, -0.25) is 4.79 Å². The van der Waals surface area contributed by atoms with E-state index in [9.17, 15) is 9.90 Å². The fourth-order valence-electron chi connectivity index (χ4n) is 3.96. The number of aromatic nitrogens is 3. The summed E-state index contributed by atoms with van der Waals surface area (Å²) in [6.45, 7) is 4.31. The third-order valence-electron chi connectivity index (χ3n) is 5.59. The Morgan fingerprint density at radius 1 is 1.21 bits per heavy atom. The summed E-state index contributed by atoms with van der Waals surface area (Å²) in [5.41, 5.74) is 3.34. The first-order chi connectivity index (χ1) is 15.9. The summed E-state index contributed by atoms with van der Waals surface area (Å²) in [6.07, 6.45) is 0. The molecule has 1 amide bonds. The Hall–Kier alpha value is -3.56. The van der Waals surface area contributed by atoms with E-state index in [0.717, 1.165) is 11.1 Å². The van der Waals surface area contributed by atoms with Crippen molar-refractivity contribution in [2.75, 3.05) is 23.8 Å². The van der Waals surface area contributed by atoms with Gasteiger partial charge in [0.05, 0.1) is 5.57 Å². The standard InChI is InChI=1S/C23H22ClN5O4/c1-12-3-5-15(10-16(12)24)26-22(31)20-13(2)25-23-27-19(11-30)28-29(23)21(20)14-4-6-17-18(9-14)33-8-7-32-17/h3-6,9-10,21,30H,7-8,11H2,1-2H3,(H,26,31)(H,25,27,28). The van der Waals surface area contributed by atoms with Gasteiger partial charge in [0.25, 0.3) is 5.91 Å². The van der Waals surface area contributed by atoms with Gasteiger partial charge in [0, 0.05) is 16.4 Å². The van der Waals surface area contributed by atoms with E-state index >= 15 is 0 Å². The third-order valence-corrected chi connectivity index (χ3v) is 6.00. The highest BCUT2D eigenvalue weighted by atomic mass is 35.5. The van der Waals surface area contributed by atoms with E-state index in [-0.39, 0.29) is 18.3 Å². The summed E-state index contributed by atoms with van der Waals surface area (Å²) >= 11 is 6.24. The molecule has 3 N–H and O–H groups in total. The fraction of sp³-hybridized carbons (Fsp3) is 0.261. The molecule has 0 aliphatic carbocycles. The summed E-state index contributed by atoms with van der Waals surface area (Å²) < 4.78 is 13.0. The lowest BCUT2D eigenvalue weighted by molar-refractivity contribution is -0.113. The number of halogens is 1. The number of hydrogen-bond acceptors (Lipinski definition) is 7. The maximum absolute atomic E-state index is 13.5. The van der Waals surface area contributed by atoms with E-state index < -0.39 is 6.04 Å². The van der Waals surface area contributed by atoms with Gasteiger partial charge >= 0.3 is 0 Å². The van der Waals surface area contributed by atoms with Gasteiger partial charge in [0.2, 0.25) is 5.95 Å².